The molecule has 0 aliphatic carbocycles. The van der Waals surface area contributed by atoms with Crippen LogP contribution < -0.4 is 4.74 Å². The van der Waals surface area contributed by atoms with Crippen molar-refractivity contribution in [2.75, 3.05) is 7.11 Å². The highest BCUT2D eigenvalue weighted by molar-refractivity contribution is 5.87. The van der Waals surface area contributed by atoms with Gasteiger partial charge in [0.25, 0.3) is 0 Å². The lowest BCUT2D eigenvalue weighted by Crippen LogP contribution is -1.95. The summed E-state index contributed by atoms with van der Waals surface area (Å²) in [7, 11) is 1.59. The third-order valence-electron chi connectivity index (χ3n) is 2.97. The molecule has 1 aromatic carbocycles. The average molecular weight is 255 g/mol. The lowest BCUT2D eigenvalue weighted by molar-refractivity contribution is 0.390. The van der Waals surface area contributed by atoms with E-state index in [1.165, 1.54) is 0 Å². The van der Waals surface area contributed by atoms with Crippen LogP contribution in [0, 0.1) is 13.8 Å². The van der Waals surface area contributed by atoms with Crippen LogP contribution in [0.5, 0.6) is 5.88 Å². The summed E-state index contributed by atoms with van der Waals surface area (Å²) in [5.41, 5.74) is 2.76. The van der Waals surface area contributed by atoms with Gasteiger partial charge in [-0.2, -0.15) is 4.98 Å². The Morgan fingerprint density at radius 3 is 2.68 bits per heavy atom. The second-order valence-electron chi connectivity index (χ2n) is 4.33. The van der Waals surface area contributed by atoms with E-state index in [2.05, 4.69) is 15.1 Å². The van der Waals surface area contributed by atoms with Gasteiger partial charge >= 0.3 is 0 Å². The molecular weight excluding hydrogens is 242 g/mol. The normalized spacial score (nSPS) is 10.9. The number of aryl methyl sites for hydroxylation is 2. The Morgan fingerprint density at radius 2 is 2.00 bits per heavy atom. The molecule has 2 heterocycles. The first-order chi connectivity index (χ1) is 9.19. The number of hydrogen-bond donors (Lipinski definition) is 0. The molecule has 2 aromatic heterocycles. The Bertz CT molecular complexity index is 750. The second-order valence-corrected chi connectivity index (χ2v) is 4.33. The Kier molecular flexibility index (Phi) is 2.67. The SMILES string of the molecule is COc1nc2c(C)cccc2cc1-c1noc(C)n1. The minimum absolute atomic E-state index is 0.491. The van der Waals surface area contributed by atoms with E-state index in [0.717, 1.165) is 22.0 Å². The van der Waals surface area contributed by atoms with Crippen molar-refractivity contribution in [1.29, 1.82) is 0 Å². The largest absolute Gasteiger partial charge is 0.480 e. The van der Waals surface area contributed by atoms with Crippen molar-refractivity contribution in [3.8, 4) is 17.3 Å². The third-order valence-corrected chi connectivity index (χ3v) is 2.97. The summed E-state index contributed by atoms with van der Waals surface area (Å²) < 4.78 is 10.3. The van der Waals surface area contributed by atoms with Crippen LogP contribution >= 0.6 is 0 Å². The van der Waals surface area contributed by atoms with E-state index in [4.69, 9.17) is 9.26 Å². The standard InChI is InChI=1S/C14H13N3O2/c1-8-5-4-6-10-7-11(13-15-9(2)19-17-13)14(18-3)16-12(8)10/h4-7H,1-3H3. The molecule has 0 saturated heterocycles. The quantitative estimate of drug-likeness (QED) is 0.704. The van der Waals surface area contributed by atoms with Gasteiger partial charge in [0.1, 0.15) is 0 Å². The molecule has 0 saturated carbocycles. The molecule has 0 bridgehead atoms. The lowest BCUT2D eigenvalue weighted by Gasteiger charge is -2.07. The molecule has 3 rings (SSSR count). The number of fused-ring (bicyclic) bond motifs is 1. The summed E-state index contributed by atoms with van der Waals surface area (Å²) in [6.07, 6.45) is 0. The van der Waals surface area contributed by atoms with Gasteiger partial charge in [0.05, 0.1) is 18.2 Å². The maximum absolute atomic E-state index is 5.34. The zero-order valence-electron chi connectivity index (χ0n) is 11.0. The summed E-state index contributed by atoms with van der Waals surface area (Å²) in [5, 5.41) is 4.94. The Hall–Kier alpha value is -2.43. The van der Waals surface area contributed by atoms with Crippen LogP contribution in [0.25, 0.3) is 22.3 Å². The van der Waals surface area contributed by atoms with Crippen molar-refractivity contribution in [2.24, 2.45) is 0 Å². The number of aromatic nitrogens is 3. The molecule has 0 amide bonds. The molecule has 0 unspecified atom stereocenters. The third kappa shape index (κ3) is 1.93. The first-order valence-electron chi connectivity index (χ1n) is 5.94. The molecule has 0 radical (unpaired) electrons. The van der Waals surface area contributed by atoms with Crippen molar-refractivity contribution >= 4 is 10.9 Å². The Balaban J connectivity index is 2.29. The van der Waals surface area contributed by atoms with Crippen LogP contribution in [0.1, 0.15) is 11.5 Å². The number of methoxy groups -OCH3 is 1. The van der Waals surface area contributed by atoms with E-state index in [0.29, 0.717) is 17.6 Å². The fourth-order valence-electron chi connectivity index (χ4n) is 2.05. The predicted octanol–water partition coefficient (Wildman–Crippen LogP) is 2.91. The maximum atomic E-state index is 5.34. The van der Waals surface area contributed by atoms with Gasteiger partial charge in [0, 0.05) is 12.3 Å². The molecule has 5 nitrogen and oxygen atoms in total. The summed E-state index contributed by atoms with van der Waals surface area (Å²) in [6.45, 7) is 3.77. The van der Waals surface area contributed by atoms with Crippen LogP contribution in [0.15, 0.2) is 28.8 Å². The number of pyridine rings is 1. The number of nitrogens with zero attached hydrogens (tertiary/aromatic N) is 3. The average Bonchev–Trinajstić information content (AvgIpc) is 2.84. The summed E-state index contributed by atoms with van der Waals surface area (Å²) in [4.78, 5) is 8.76. The van der Waals surface area contributed by atoms with Gasteiger partial charge in [-0.3, -0.25) is 0 Å². The zero-order valence-corrected chi connectivity index (χ0v) is 11.0. The van der Waals surface area contributed by atoms with Gasteiger partial charge in [-0.25, -0.2) is 4.98 Å². The number of ether oxygens (including phenoxy) is 1. The van der Waals surface area contributed by atoms with Gasteiger partial charge in [0.2, 0.25) is 17.6 Å². The van der Waals surface area contributed by atoms with E-state index in [-0.39, 0.29) is 0 Å². The van der Waals surface area contributed by atoms with Crippen LogP contribution in [0.4, 0.5) is 0 Å². The van der Waals surface area contributed by atoms with Crippen LogP contribution in [0.3, 0.4) is 0 Å². The number of para-hydroxylation sites is 1. The minimum Gasteiger partial charge on any atom is -0.480 e. The molecule has 5 heteroatoms. The van der Waals surface area contributed by atoms with E-state index in [1.54, 1.807) is 14.0 Å². The van der Waals surface area contributed by atoms with Crippen LogP contribution in [-0.2, 0) is 0 Å². The topological polar surface area (TPSA) is 61.0 Å². The van der Waals surface area contributed by atoms with E-state index in [9.17, 15) is 0 Å². The lowest BCUT2D eigenvalue weighted by atomic mass is 10.1. The van der Waals surface area contributed by atoms with Crippen LogP contribution in [0.2, 0.25) is 0 Å². The summed E-state index contributed by atoms with van der Waals surface area (Å²) in [5.74, 6) is 1.51. The smallest absolute Gasteiger partial charge is 0.225 e. The Morgan fingerprint density at radius 1 is 1.16 bits per heavy atom. The van der Waals surface area contributed by atoms with Gasteiger partial charge in [0.15, 0.2) is 0 Å². The van der Waals surface area contributed by atoms with Gasteiger partial charge in [-0.1, -0.05) is 23.4 Å². The van der Waals surface area contributed by atoms with Crippen molar-refractivity contribution in [3.63, 3.8) is 0 Å². The van der Waals surface area contributed by atoms with E-state index < -0.39 is 0 Å². The van der Waals surface area contributed by atoms with Gasteiger partial charge in [-0.05, 0) is 18.6 Å². The minimum atomic E-state index is 0.491. The maximum Gasteiger partial charge on any atom is 0.225 e. The molecule has 0 N–H and O–H groups in total. The van der Waals surface area contributed by atoms with Gasteiger partial charge in [-0.15, -0.1) is 0 Å². The fourth-order valence-corrected chi connectivity index (χ4v) is 2.05. The highest BCUT2D eigenvalue weighted by Gasteiger charge is 2.15. The van der Waals surface area contributed by atoms with Crippen molar-refractivity contribution < 1.29 is 9.26 Å². The van der Waals surface area contributed by atoms with Crippen LogP contribution in [-0.4, -0.2) is 22.2 Å². The monoisotopic (exact) mass is 255 g/mol. The van der Waals surface area contributed by atoms with Crippen molar-refractivity contribution in [3.05, 3.63) is 35.7 Å². The van der Waals surface area contributed by atoms with Gasteiger partial charge < -0.3 is 9.26 Å². The summed E-state index contributed by atoms with van der Waals surface area (Å²) in [6, 6.07) is 7.99. The predicted molar refractivity (Wildman–Crippen MR) is 71.1 cm³/mol. The van der Waals surface area contributed by atoms with E-state index >= 15 is 0 Å². The van der Waals surface area contributed by atoms with Crippen molar-refractivity contribution in [1.82, 2.24) is 15.1 Å². The first-order valence-corrected chi connectivity index (χ1v) is 5.94. The number of rotatable bonds is 2. The highest BCUT2D eigenvalue weighted by Crippen LogP contribution is 2.30. The molecule has 0 aliphatic heterocycles. The number of hydrogen-bond acceptors (Lipinski definition) is 5. The van der Waals surface area contributed by atoms with E-state index in [1.807, 2.05) is 31.2 Å². The first kappa shape index (κ1) is 11.6. The fraction of sp³-hybridized carbons (Fsp3) is 0.214. The molecule has 3 aromatic rings. The van der Waals surface area contributed by atoms with Crippen molar-refractivity contribution in [2.45, 2.75) is 13.8 Å². The second kappa shape index (κ2) is 4.35. The molecule has 19 heavy (non-hydrogen) atoms. The molecule has 0 aliphatic rings. The molecule has 0 fully saturated rings. The zero-order chi connectivity index (χ0) is 13.4. The molecule has 0 atom stereocenters. The molecule has 96 valence electrons. The molecular formula is C14H13N3O2. The molecule has 0 spiro atoms. The summed E-state index contributed by atoms with van der Waals surface area (Å²) >= 11 is 0. The Labute approximate surface area is 110 Å². The number of benzene rings is 1. The highest BCUT2D eigenvalue weighted by atomic mass is 16.5.